The van der Waals surface area contributed by atoms with Crippen molar-refractivity contribution in [3.05, 3.63) is 0 Å². The molecule has 1 heterocycles. The molecule has 7 nitrogen and oxygen atoms in total. The van der Waals surface area contributed by atoms with Gasteiger partial charge in [0, 0.05) is 12.1 Å². The molecule has 158 valence electrons. The van der Waals surface area contributed by atoms with Crippen LogP contribution in [0.5, 0.6) is 0 Å². The summed E-state index contributed by atoms with van der Waals surface area (Å²) >= 11 is 0. The maximum atomic E-state index is 13.6. The Hall–Kier alpha value is -1.17. The van der Waals surface area contributed by atoms with E-state index in [0.29, 0.717) is 6.54 Å². The molecule has 1 saturated heterocycles. The van der Waals surface area contributed by atoms with E-state index in [2.05, 4.69) is 26.6 Å². The summed E-state index contributed by atoms with van der Waals surface area (Å²) in [5.41, 5.74) is 5.47. The number of carbonyl (C=O) groups is 1. The SMILES string of the molecule is CC1CC(NCCCN)NC(NC(=O)NC2CCC(F)C(C(F)(F)F)C2)N1. The molecule has 27 heavy (non-hydrogen) atoms. The first-order valence-corrected chi connectivity index (χ1v) is 9.42. The minimum absolute atomic E-state index is 0.0188. The smallest absolute Gasteiger partial charge is 0.335 e. The maximum absolute atomic E-state index is 13.6. The molecule has 6 atom stereocenters. The van der Waals surface area contributed by atoms with Crippen molar-refractivity contribution >= 4 is 6.03 Å². The van der Waals surface area contributed by atoms with Crippen LogP contribution in [0.1, 0.15) is 39.0 Å². The zero-order chi connectivity index (χ0) is 20.0. The number of rotatable bonds is 6. The van der Waals surface area contributed by atoms with E-state index in [1.165, 1.54) is 0 Å². The van der Waals surface area contributed by atoms with Crippen LogP contribution in [-0.2, 0) is 0 Å². The molecule has 7 N–H and O–H groups in total. The van der Waals surface area contributed by atoms with Crippen molar-refractivity contribution in [1.82, 2.24) is 26.6 Å². The normalized spacial score (nSPS) is 34.9. The summed E-state index contributed by atoms with van der Waals surface area (Å²) in [5.74, 6) is -2.03. The van der Waals surface area contributed by atoms with Crippen molar-refractivity contribution in [2.75, 3.05) is 13.1 Å². The van der Waals surface area contributed by atoms with E-state index in [0.717, 1.165) is 19.4 Å². The van der Waals surface area contributed by atoms with E-state index < -0.39 is 43.0 Å². The van der Waals surface area contributed by atoms with Crippen molar-refractivity contribution in [2.24, 2.45) is 11.7 Å². The number of urea groups is 1. The van der Waals surface area contributed by atoms with Crippen LogP contribution in [-0.4, -0.2) is 56.0 Å². The highest BCUT2D eigenvalue weighted by Crippen LogP contribution is 2.39. The highest BCUT2D eigenvalue weighted by atomic mass is 19.4. The van der Waals surface area contributed by atoms with Gasteiger partial charge in [-0.05, 0) is 52.1 Å². The monoisotopic (exact) mass is 398 g/mol. The summed E-state index contributed by atoms with van der Waals surface area (Å²) in [6.07, 6.45) is -5.88. The highest BCUT2D eigenvalue weighted by Gasteiger charge is 2.48. The Morgan fingerprint density at radius 2 is 1.93 bits per heavy atom. The van der Waals surface area contributed by atoms with Crippen LogP contribution < -0.4 is 32.3 Å². The van der Waals surface area contributed by atoms with Gasteiger partial charge in [0.05, 0.1) is 12.1 Å². The van der Waals surface area contributed by atoms with Crippen LogP contribution >= 0.6 is 0 Å². The van der Waals surface area contributed by atoms with Gasteiger partial charge in [0.1, 0.15) is 12.5 Å². The van der Waals surface area contributed by atoms with Crippen molar-refractivity contribution in [3.8, 4) is 0 Å². The second-order valence-electron chi connectivity index (χ2n) is 7.34. The van der Waals surface area contributed by atoms with E-state index in [1.54, 1.807) is 0 Å². The first-order valence-electron chi connectivity index (χ1n) is 9.42. The van der Waals surface area contributed by atoms with Gasteiger partial charge < -0.3 is 21.7 Å². The number of nitrogens with two attached hydrogens (primary N) is 1. The first kappa shape index (κ1) is 22.1. The fourth-order valence-electron chi connectivity index (χ4n) is 3.59. The molecule has 1 aliphatic heterocycles. The molecular formula is C16H30F4N6O. The Labute approximate surface area is 156 Å². The van der Waals surface area contributed by atoms with E-state index in [9.17, 15) is 22.4 Å². The number of amides is 2. The summed E-state index contributed by atoms with van der Waals surface area (Å²) in [7, 11) is 0. The Balaban J connectivity index is 1.80. The lowest BCUT2D eigenvalue weighted by atomic mass is 9.84. The number of nitrogens with one attached hydrogen (secondary N) is 5. The number of hydrogen-bond acceptors (Lipinski definition) is 5. The molecule has 0 spiro atoms. The van der Waals surface area contributed by atoms with Crippen molar-refractivity contribution in [2.45, 2.75) is 75.9 Å². The number of halogens is 4. The molecule has 2 fully saturated rings. The Morgan fingerprint density at radius 1 is 1.19 bits per heavy atom. The van der Waals surface area contributed by atoms with Gasteiger partial charge in [0.2, 0.25) is 0 Å². The van der Waals surface area contributed by atoms with Crippen molar-refractivity contribution in [1.29, 1.82) is 0 Å². The summed E-state index contributed by atoms with van der Waals surface area (Å²) in [5, 5.41) is 14.8. The summed E-state index contributed by atoms with van der Waals surface area (Å²) in [4.78, 5) is 12.2. The highest BCUT2D eigenvalue weighted by molar-refractivity contribution is 5.74. The maximum Gasteiger partial charge on any atom is 0.394 e. The number of hydrogen-bond donors (Lipinski definition) is 6. The summed E-state index contributed by atoms with van der Waals surface area (Å²) in [6.45, 7) is 3.30. The second kappa shape index (κ2) is 9.85. The largest absolute Gasteiger partial charge is 0.394 e. The topological polar surface area (TPSA) is 103 Å². The summed E-state index contributed by atoms with van der Waals surface area (Å²) < 4.78 is 52.2. The molecule has 1 aliphatic carbocycles. The van der Waals surface area contributed by atoms with E-state index in [-0.39, 0.29) is 25.0 Å². The molecule has 2 aliphatic rings. The zero-order valence-electron chi connectivity index (χ0n) is 15.4. The van der Waals surface area contributed by atoms with Gasteiger partial charge in [0.15, 0.2) is 0 Å². The standard InChI is InChI=1S/C16H30F4N6O/c1-9-7-13(22-6-2-5-21)25-14(23-9)26-15(27)24-10-3-4-12(17)11(8-10)16(18,19)20/h9-14,22-23,25H,2-8,21H2,1H3,(H2,24,26,27). The molecule has 11 heteroatoms. The average Bonchev–Trinajstić information content (AvgIpc) is 2.55. The molecule has 6 unspecified atom stereocenters. The van der Waals surface area contributed by atoms with Gasteiger partial charge in [0.25, 0.3) is 0 Å². The number of alkyl halides is 4. The van der Waals surface area contributed by atoms with Gasteiger partial charge in [-0.1, -0.05) is 0 Å². The van der Waals surface area contributed by atoms with Crippen LogP contribution in [0.15, 0.2) is 0 Å². The molecule has 1 saturated carbocycles. The van der Waals surface area contributed by atoms with Gasteiger partial charge in [-0.25, -0.2) is 9.18 Å². The zero-order valence-corrected chi connectivity index (χ0v) is 15.4. The van der Waals surface area contributed by atoms with Crippen LogP contribution in [0, 0.1) is 5.92 Å². The van der Waals surface area contributed by atoms with Gasteiger partial charge in [-0.3, -0.25) is 10.6 Å². The molecule has 0 radical (unpaired) electrons. The Bertz CT molecular complexity index is 480. The predicted molar refractivity (Wildman–Crippen MR) is 93.3 cm³/mol. The third-order valence-electron chi connectivity index (χ3n) is 4.98. The van der Waals surface area contributed by atoms with Gasteiger partial charge >= 0.3 is 12.2 Å². The Kier molecular flexibility index (Phi) is 8.07. The van der Waals surface area contributed by atoms with E-state index >= 15 is 0 Å². The molecule has 2 amide bonds. The lowest BCUT2D eigenvalue weighted by Crippen LogP contribution is -2.68. The van der Waals surface area contributed by atoms with Crippen LogP contribution in [0.4, 0.5) is 22.4 Å². The van der Waals surface area contributed by atoms with Crippen LogP contribution in [0.3, 0.4) is 0 Å². The minimum Gasteiger partial charge on any atom is -0.335 e. The third-order valence-corrected chi connectivity index (χ3v) is 4.98. The van der Waals surface area contributed by atoms with E-state index in [1.807, 2.05) is 6.92 Å². The number of carbonyl (C=O) groups excluding carboxylic acids is 1. The van der Waals surface area contributed by atoms with E-state index in [4.69, 9.17) is 5.73 Å². The quantitative estimate of drug-likeness (QED) is 0.294. The fourth-order valence-corrected chi connectivity index (χ4v) is 3.59. The fraction of sp³-hybridized carbons (Fsp3) is 0.938. The molecule has 0 aromatic heterocycles. The molecule has 0 aromatic carbocycles. The minimum atomic E-state index is -4.60. The lowest BCUT2D eigenvalue weighted by molar-refractivity contribution is -0.199. The average molecular weight is 398 g/mol. The molecule has 0 aromatic rings. The van der Waals surface area contributed by atoms with Gasteiger partial charge in [-0.15, -0.1) is 0 Å². The van der Waals surface area contributed by atoms with Crippen LogP contribution in [0.2, 0.25) is 0 Å². The van der Waals surface area contributed by atoms with Crippen molar-refractivity contribution in [3.63, 3.8) is 0 Å². The third kappa shape index (κ3) is 7.05. The van der Waals surface area contributed by atoms with Crippen molar-refractivity contribution < 1.29 is 22.4 Å². The summed E-state index contributed by atoms with van der Waals surface area (Å²) in [6, 6.07) is -1.16. The molecular weight excluding hydrogens is 368 g/mol. The van der Waals surface area contributed by atoms with Crippen LogP contribution in [0.25, 0.3) is 0 Å². The van der Waals surface area contributed by atoms with Gasteiger partial charge in [-0.2, -0.15) is 13.2 Å². The lowest BCUT2D eigenvalue weighted by Gasteiger charge is -2.38. The first-order chi connectivity index (χ1) is 12.7. The second-order valence-corrected chi connectivity index (χ2v) is 7.34. The predicted octanol–water partition coefficient (Wildman–Crippen LogP) is 0.874. The Morgan fingerprint density at radius 3 is 2.59 bits per heavy atom. The molecule has 2 rings (SSSR count). The molecule has 0 bridgehead atoms.